The SMILES string of the molecule is CNC(=O)C[C@H](CC(=O)CCCCC(=O)NC(C)(C)C)C(=O)NC. The maximum absolute atomic E-state index is 12.0. The van der Waals surface area contributed by atoms with Gasteiger partial charge < -0.3 is 16.0 Å². The molecule has 0 aromatic heterocycles. The second-order valence-electron chi connectivity index (χ2n) is 6.94. The molecule has 3 amide bonds. The van der Waals surface area contributed by atoms with E-state index in [9.17, 15) is 19.2 Å². The van der Waals surface area contributed by atoms with Gasteiger partial charge in [0.05, 0.1) is 5.92 Å². The highest BCUT2D eigenvalue weighted by atomic mass is 16.2. The molecule has 0 rings (SSSR count). The minimum absolute atomic E-state index is 0.00407. The molecule has 0 unspecified atom stereocenters. The van der Waals surface area contributed by atoms with Gasteiger partial charge in [0.25, 0.3) is 0 Å². The number of amides is 3. The van der Waals surface area contributed by atoms with E-state index in [1.54, 1.807) is 0 Å². The Hall–Kier alpha value is -1.92. The minimum Gasteiger partial charge on any atom is -0.359 e. The van der Waals surface area contributed by atoms with Crippen molar-refractivity contribution < 1.29 is 19.2 Å². The van der Waals surface area contributed by atoms with Gasteiger partial charge in [0.1, 0.15) is 5.78 Å². The predicted octanol–water partition coefficient (Wildman–Crippen LogP) is 0.919. The molecule has 24 heavy (non-hydrogen) atoms. The smallest absolute Gasteiger partial charge is 0.223 e. The fourth-order valence-corrected chi connectivity index (χ4v) is 2.25. The van der Waals surface area contributed by atoms with E-state index in [1.165, 1.54) is 14.1 Å². The summed E-state index contributed by atoms with van der Waals surface area (Å²) in [5.74, 6) is -1.32. The van der Waals surface area contributed by atoms with Crippen LogP contribution in [0.5, 0.6) is 0 Å². The van der Waals surface area contributed by atoms with Gasteiger partial charge in [-0.25, -0.2) is 0 Å². The maximum Gasteiger partial charge on any atom is 0.223 e. The Morgan fingerprint density at radius 3 is 1.92 bits per heavy atom. The lowest BCUT2D eigenvalue weighted by molar-refractivity contribution is -0.132. The molecule has 0 aliphatic rings. The number of carbonyl (C=O) groups is 4. The van der Waals surface area contributed by atoms with Crippen molar-refractivity contribution in [1.82, 2.24) is 16.0 Å². The standard InChI is InChI=1S/C17H31N3O4/c1-17(2,3)20-14(22)9-7-6-8-13(21)10-12(16(24)19-5)11-15(23)18-4/h12H,6-11H2,1-5H3,(H,18,23)(H,19,24)(H,20,22)/t12-/m0/s1. The molecule has 0 aliphatic carbocycles. The zero-order valence-electron chi connectivity index (χ0n) is 15.5. The first-order chi connectivity index (χ1) is 11.1. The van der Waals surface area contributed by atoms with Crippen LogP contribution < -0.4 is 16.0 Å². The zero-order chi connectivity index (χ0) is 18.8. The third-order valence-corrected chi connectivity index (χ3v) is 3.43. The van der Waals surface area contributed by atoms with Gasteiger partial charge in [0.15, 0.2) is 0 Å². The molecular weight excluding hydrogens is 310 g/mol. The number of hydrogen-bond acceptors (Lipinski definition) is 4. The molecule has 7 nitrogen and oxygen atoms in total. The maximum atomic E-state index is 12.0. The van der Waals surface area contributed by atoms with Gasteiger partial charge in [-0.15, -0.1) is 0 Å². The topological polar surface area (TPSA) is 104 Å². The third kappa shape index (κ3) is 10.7. The van der Waals surface area contributed by atoms with E-state index in [4.69, 9.17) is 0 Å². The summed E-state index contributed by atoms with van der Waals surface area (Å²) in [7, 11) is 2.98. The first-order valence-corrected chi connectivity index (χ1v) is 8.34. The van der Waals surface area contributed by atoms with Crippen LogP contribution in [0.25, 0.3) is 0 Å². The number of Topliss-reactive ketones (excluding diaryl/α,β-unsaturated/α-hetero) is 1. The van der Waals surface area contributed by atoms with Crippen LogP contribution in [-0.4, -0.2) is 43.1 Å². The number of ketones is 1. The highest BCUT2D eigenvalue weighted by Crippen LogP contribution is 2.13. The summed E-state index contributed by atoms with van der Waals surface area (Å²) < 4.78 is 0. The number of nitrogens with one attached hydrogen (secondary N) is 3. The van der Waals surface area contributed by atoms with Gasteiger partial charge in [-0.2, -0.15) is 0 Å². The summed E-state index contributed by atoms with van der Waals surface area (Å²) in [5, 5.41) is 7.80. The van der Waals surface area contributed by atoms with Crippen LogP contribution in [0.1, 0.15) is 59.3 Å². The number of rotatable bonds is 10. The molecule has 138 valence electrons. The molecule has 0 bridgehead atoms. The predicted molar refractivity (Wildman–Crippen MR) is 92.2 cm³/mol. The second-order valence-corrected chi connectivity index (χ2v) is 6.94. The molecular formula is C17H31N3O4. The summed E-state index contributed by atoms with van der Waals surface area (Å²) in [5.41, 5.74) is -0.256. The van der Waals surface area contributed by atoms with Crippen molar-refractivity contribution in [2.75, 3.05) is 14.1 Å². The van der Waals surface area contributed by atoms with Crippen molar-refractivity contribution in [3.05, 3.63) is 0 Å². The van der Waals surface area contributed by atoms with Crippen molar-refractivity contribution in [3.8, 4) is 0 Å². The van der Waals surface area contributed by atoms with E-state index >= 15 is 0 Å². The van der Waals surface area contributed by atoms with Crippen LogP contribution in [0, 0.1) is 5.92 Å². The van der Waals surface area contributed by atoms with E-state index < -0.39 is 5.92 Å². The molecule has 0 saturated carbocycles. The summed E-state index contributed by atoms with van der Waals surface area (Å²) in [4.78, 5) is 46.9. The highest BCUT2D eigenvalue weighted by molar-refractivity contribution is 5.90. The Balaban J connectivity index is 4.19. The van der Waals surface area contributed by atoms with Crippen LogP contribution in [-0.2, 0) is 19.2 Å². The molecule has 3 N–H and O–H groups in total. The summed E-state index contributed by atoms with van der Waals surface area (Å²) in [6.45, 7) is 5.75. The molecule has 0 aromatic carbocycles. The van der Waals surface area contributed by atoms with Gasteiger partial charge in [-0.1, -0.05) is 0 Å². The number of hydrogen-bond donors (Lipinski definition) is 3. The van der Waals surface area contributed by atoms with Crippen molar-refractivity contribution in [1.29, 1.82) is 0 Å². The van der Waals surface area contributed by atoms with Crippen molar-refractivity contribution in [2.24, 2.45) is 5.92 Å². The minimum atomic E-state index is -0.647. The molecule has 0 radical (unpaired) electrons. The van der Waals surface area contributed by atoms with Gasteiger partial charge in [0.2, 0.25) is 17.7 Å². The third-order valence-electron chi connectivity index (χ3n) is 3.43. The molecule has 7 heteroatoms. The molecule has 0 heterocycles. The number of carbonyl (C=O) groups excluding carboxylic acids is 4. The van der Waals surface area contributed by atoms with Crippen LogP contribution in [0.3, 0.4) is 0 Å². The molecule has 0 aromatic rings. The van der Waals surface area contributed by atoms with E-state index in [1.807, 2.05) is 20.8 Å². The number of unbranched alkanes of at least 4 members (excludes halogenated alkanes) is 1. The Morgan fingerprint density at radius 2 is 1.42 bits per heavy atom. The fraction of sp³-hybridized carbons (Fsp3) is 0.765. The summed E-state index contributed by atoms with van der Waals surface area (Å²) in [6, 6.07) is 0. The van der Waals surface area contributed by atoms with Gasteiger partial charge >= 0.3 is 0 Å². The first kappa shape index (κ1) is 22.1. The molecule has 0 saturated heterocycles. The Morgan fingerprint density at radius 1 is 0.833 bits per heavy atom. The first-order valence-electron chi connectivity index (χ1n) is 8.34. The lowest BCUT2D eigenvalue weighted by atomic mass is 9.95. The van der Waals surface area contributed by atoms with Gasteiger partial charge in [-0.3, -0.25) is 19.2 Å². The van der Waals surface area contributed by atoms with Crippen molar-refractivity contribution in [3.63, 3.8) is 0 Å². The van der Waals surface area contributed by atoms with Crippen molar-refractivity contribution >= 4 is 23.5 Å². The second kappa shape index (κ2) is 10.8. The molecule has 0 fully saturated rings. The zero-order valence-corrected chi connectivity index (χ0v) is 15.5. The average Bonchev–Trinajstić information content (AvgIpc) is 2.48. The lowest BCUT2D eigenvalue weighted by Crippen LogP contribution is -2.40. The van der Waals surface area contributed by atoms with E-state index in [0.29, 0.717) is 25.7 Å². The van der Waals surface area contributed by atoms with Gasteiger partial charge in [0, 0.05) is 45.3 Å². The molecule has 1 atom stereocenters. The largest absolute Gasteiger partial charge is 0.359 e. The fourth-order valence-electron chi connectivity index (χ4n) is 2.25. The lowest BCUT2D eigenvalue weighted by Gasteiger charge is -2.20. The quantitative estimate of drug-likeness (QED) is 0.514. The monoisotopic (exact) mass is 341 g/mol. The average molecular weight is 341 g/mol. The highest BCUT2D eigenvalue weighted by Gasteiger charge is 2.23. The normalized spacial score (nSPS) is 12.2. The van der Waals surface area contributed by atoms with E-state index in [-0.39, 0.29) is 41.9 Å². The van der Waals surface area contributed by atoms with Crippen molar-refractivity contribution in [2.45, 2.75) is 64.8 Å². The van der Waals surface area contributed by atoms with Crippen LogP contribution in [0.4, 0.5) is 0 Å². The van der Waals surface area contributed by atoms with Crippen LogP contribution >= 0.6 is 0 Å². The summed E-state index contributed by atoms with van der Waals surface area (Å²) >= 11 is 0. The molecule has 0 spiro atoms. The van der Waals surface area contributed by atoms with Crippen LogP contribution in [0.15, 0.2) is 0 Å². The van der Waals surface area contributed by atoms with Gasteiger partial charge in [-0.05, 0) is 33.6 Å². The van der Waals surface area contributed by atoms with E-state index in [0.717, 1.165) is 0 Å². The van der Waals surface area contributed by atoms with Crippen LogP contribution in [0.2, 0.25) is 0 Å². The van der Waals surface area contributed by atoms with E-state index in [2.05, 4.69) is 16.0 Å². The Labute approximate surface area is 144 Å². The Kier molecular flexibility index (Phi) is 9.92. The summed E-state index contributed by atoms with van der Waals surface area (Å²) in [6.07, 6.45) is 1.94. The molecule has 0 aliphatic heterocycles. The Bertz CT molecular complexity index is 455.